The third kappa shape index (κ3) is 4.22. The summed E-state index contributed by atoms with van der Waals surface area (Å²) < 4.78 is 6.82. The molecule has 8 heteroatoms. The normalized spacial score (nSPS) is 20.3. The average Bonchev–Trinajstić information content (AvgIpc) is 3.19. The van der Waals surface area contributed by atoms with Crippen LogP contribution in [0.5, 0.6) is 0 Å². The first kappa shape index (κ1) is 18.6. The average molecular weight is 383 g/mol. The standard InChI is InChI=1S/C20H25N5O3/c26-19-6-5-18(15-3-1-9-21-13-15)23-25(19)14-17-4-2-10-24(17)20(27)22-16-7-11-28-12-8-16/h1,3,5-6,9,13,16-17H,2,4,7-8,10-12,14H2,(H,22,27). The molecule has 0 spiro atoms. The Bertz CT molecular complexity index is 864. The number of carbonyl (C=O) groups excluding carboxylic acids is 1. The maximum absolute atomic E-state index is 12.7. The zero-order valence-corrected chi connectivity index (χ0v) is 15.8. The minimum Gasteiger partial charge on any atom is -0.381 e. The van der Waals surface area contributed by atoms with Crippen LogP contribution in [0.25, 0.3) is 11.3 Å². The number of pyridine rings is 1. The van der Waals surface area contributed by atoms with Crippen molar-refractivity contribution in [2.45, 2.75) is 44.3 Å². The molecule has 28 heavy (non-hydrogen) atoms. The van der Waals surface area contributed by atoms with Crippen LogP contribution in [0.3, 0.4) is 0 Å². The van der Waals surface area contributed by atoms with Gasteiger partial charge in [0.2, 0.25) is 0 Å². The van der Waals surface area contributed by atoms with Crippen molar-refractivity contribution >= 4 is 6.03 Å². The van der Waals surface area contributed by atoms with Crippen molar-refractivity contribution in [2.24, 2.45) is 0 Å². The molecule has 8 nitrogen and oxygen atoms in total. The molecule has 0 saturated carbocycles. The van der Waals surface area contributed by atoms with Gasteiger partial charge < -0.3 is 15.0 Å². The zero-order valence-electron chi connectivity index (χ0n) is 15.8. The van der Waals surface area contributed by atoms with Crippen LogP contribution in [0.1, 0.15) is 25.7 Å². The van der Waals surface area contributed by atoms with Crippen molar-refractivity contribution in [1.82, 2.24) is 25.0 Å². The molecule has 0 bridgehead atoms. The lowest BCUT2D eigenvalue weighted by molar-refractivity contribution is 0.0776. The summed E-state index contributed by atoms with van der Waals surface area (Å²) in [5.41, 5.74) is 1.39. The Morgan fingerprint density at radius 2 is 2.07 bits per heavy atom. The number of nitrogens with zero attached hydrogens (tertiary/aromatic N) is 4. The summed E-state index contributed by atoms with van der Waals surface area (Å²) in [6, 6.07) is 7.06. The molecule has 2 aliphatic heterocycles. The monoisotopic (exact) mass is 383 g/mol. The van der Waals surface area contributed by atoms with E-state index in [1.165, 1.54) is 10.7 Å². The highest BCUT2D eigenvalue weighted by Gasteiger charge is 2.31. The number of hydrogen-bond donors (Lipinski definition) is 1. The van der Waals surface area contributed by atoms with Crippen molar-refractivity contribution in [1.29, 1.82) is 0 Å². The van der Waals surface area contributed by atoms with Crippen LogP contribution in [0.15, 0.2) is 41.5 Å². The van der Waals surface area contributed by atoms with E-state index in [1.54, 1.807) is 18.5 Å². The summed E-state index contributed by atoms with van der Waals surface area (Å²) in [5.74, 6) is 0. The molecule has 0 aromatic carbocycles. The number of nitrogens with one attached hydrogen (secondary N) is 1. The van der Waals surface area contributed by atoms with E-state index < -0.39 is 0 Å². The highest BCUT2D eigenvalue weighted by atomic mass is 16.5. The molecule has 2 amide bonds. The fraction of sp³-hybridized carbons (Fsp3) is 0.500. The van der Waals surface area contributed by atoms with E-state index >= 15 is 0 Å². The van der Waals surface area contributed by atoms with Gasteiger partial charge >= 0.3 is 6.03 Å². The second-order valence-electron chi connectivity index (χ2n) is 7.31. The van der Waals surface area contributed by atoms with Crippen molar-refractivity contribution in [3.63, 3.8) is 0 Å². The summed E-state index contributed by atoms with van der Waals surface area (Å²) in [7, 11) is 0. The highest BCUT2D eigenvalue weighted by molar-refractivity contribution is 5.75. The van der Waals surface area contributed by atoms with E-state index in [1.807, 2.05) is 17.0 Å². The van der Waals surface area contributed by atoms with Crippen molar-refractivity contribution in [2.75, 3.05) is 19.8 Å². The lowest BCUT2D eigenvalue weighted by atomic mass is 10.1. The minimum atomic E-state index is -0.163. The zero-order chi connectivity index (χ0) is 19.3. The first-order valence-corrected chi connectivity index (χ1v) is 9.84. The van der Waals surface area contributed by atoms with Crippen LogP contribution >= 0.6 is 0 Å². The third-order valence-electron chi connectivity index (χ3n) is 5.39. The molecule has 2 saturated heterocycles. The van der Waals surface area contributed by atoms with Gasteiger partial charge in [-0.15, -0.1) is 0 Å². The molecule has 0 radical (unpaired) electrons. The number of rotatable bonds is 4. The number of urea groups is 1. The molecule has 1 atom stereocenters. The van der Waals surface area contributed by atoms with Crippen LogP contribution in [-0.2, 0) is 11.3 Å². The van der Waals surface area contributed by atoms with Gasteiger partial charge in [-0.1, -0.05) is 0 Å². The predicted octanol–water partition coefficient (Wildman–Crippen LogP) is 1.66. The summed E-state index contributed by atoms with van der Waals surface area (Å²) in [5, 5.41) is 7.62. The predicted molar refractivity (Wildman–Crippen MR) is 104 cm³/mol. The summed E-state index contributed by atoms with van der Waals surface area (Å²) in [6.45, 7) is 2.48. The van der Waals surface area contributed by atoms with Gasteiger partial charge in [0.05, 0.1) is 18.3 Å². The first-order chi connectivity index (χ1) is 13.7. The Labute approximate surface area is 163 Å². The topological polar surface area (TPSA) is 89.3 Å². The van der Waals surface area contributed by atoms with Gasteiger partial charge in [-0.3, -0.25) is 9.78 Å². The molecule has 1 N–H and O–H groups in total. The van der Waals surface area contributed by atoms with E-state index in [-0.39, 0.29) is 23.7 Å². The molecule has 2 aliphatic rings. The third-order valence-corrected chi connectivity index (χ3v) is 5.39. The van der Waals surface area contributed by atoms with Gasteiger partial charge in [0.15, 0.2) is 0 Å². The van der Waals surface area contributed by atoms with E-state index in [4.69, 9.17) is 4.74 Å². The number of aromatic nitrogens is 3. The Morgan fingerprint density at radius 1 is 1.21 bits per heavy atom. The van der Waals surface area contributed by atoms with Crippen LogP contribution in [0, 0.1) is 0 Å². The number of amides is 2. The molecule has 4 rings (SSSR count). The van der Waals surface area contributed by atoms with Crippen molar-refractivity contribution in [3.8, 4) is 11.3 Å². The lowest BCUT2D eigenvalue weighted by Crippen LogP contribution is -2.49. The van der Waals surface area contributed by atoms with E-state index in [0.717, 1.165) is 31.2 Å². The van der Waals surface area contributed by atoms with E-state index in [0.29, 0.717) is 32.0 Å². The van der Waals surface area contributed by atoms with Gasteiger partial charge in [0, 0.05) is 49.8 Å². The number of likely N-dealkylation sites (tertiary alicyclic amines) is 1. The molecule has 4 heterocycles. The van der Waals surface area contributed by atoms with Crippen molar-refractivity contribution < 1.29 is 9.53 Å². The van der Waals surface area contributed by atoms with Crippen molar-refractivity contribution in [3.05, 3.63) is 47.0 Å². The molecule has 0 aliphatic carbocycles. The summed E-state index contributed by atoms with van der Waals surface area (Å²) in [4.78, 5) is 31.0. The summed E-state index contributed by atoms with van der Waals surface area (Å²) >= 11 is 0. The van der Waals surface area contributed by atoms with Crippen LogP contribution < -0.4 is 10.9 Å². The lowest BCUT2D eigenvalue weighted by Gasteiger charge is -2.29. The summed E-state index contributed by atoms with van der Waals surface area (Å²) in [6.07, 6.45) is 6.92. The minimum absolute atomic E-state index is 0.0332. The van der Waals surface area contributed by atoms with Crippen LogP contribution in [0.2, 0.25) is 0 Å². The molecule has 1 unspecified atom stereocenters. The highest BCUT2D eigenvalue weighted by Crippen LogP contribution is 2.20. The van der Waals surface area contributed by atoms with Crippen LogP contribution in [0.4, 0.5) is 4.79 Å². The Kier molecular flexibility index (Phi) is 5.66. The number of carbonyl (C=O) groups is 1. The van der Waals surface area contributed by atoms with Gasteiger partial charge in [-0.25, -0.2) is 9.48 Å². The molecule has 2 fully saturated rings. The smallest absolute Gasteiger partial charge is 0.317 e. The second-order valence-corrected chi connectivity index (χ2v) is 7.31. The first-order valence-electron chi connectivity index (χ1n) is 9.84. The fourth-order valence-electron chi connectivity index (χ4n) is 3.84. The fourth-order valence-corrected chi connectivity index (χ4v) is 3.84. The number of ether oxygens (including phenoxy) is 1. The van der Waals surface area contributed by atoms with E-state index in [9.17, 15) is 9.59 Å². The van der Waals surface area contributed by atoms with Crippen LogP contribution in [-0.4, -0.2) is 57.5 Å². The number of hydrogen-bond acceptors (Lipinski definition) is 5. The molecule has 148 valence electrons. The molecular weight excluding hydrogens is 358 g/mol. The Balaban J connectivity index is 1.47. The van der Waals surface area contributed by atoms with Gasteiger partial charge in [0.25, 0.3) is 5.56 Å². The van der Waals surface area contributed by atoms with Gasteiger partial charge in [0.1, 0.15) is 0 Å². The molecule has 2 aromatic rings. The second kappa shape index (κ2) is 8.52. The molecular formula is C20H25N5O3. The Morgan fingerprint density at radius 3 is 2.86 bits per heavy atom. The Hall–Kier alpha value is -2.74. The largest absolute Gasteiger partial charge is 0.381 e. The van der Waals surface area contributed by atoms with Gasteiger partial charge in [-0.2, -0.15) is 5.10 Å². The maximum atomic E-state index is 12.7. The quantitative estimate of drug-likeness (QED) is 0.867. The van der Waals surface area contributed by atoms with Gasteiger partial charge in [-0.05, 0) is 43.9 Å². The molecule has 2 aromatic heterocycles. The van der Waals surface area contributed by atoms with E-state index in [2.05, 4.69) is 15.4 Å². The SMILES string of the molecule is O=C(NC1CCOCC1)N1CCCC1Cn1nc(-c2cccnc2)ccc1=O. The maximum Gasteiger partial charge on any atom is 0.317 e.